The summed E-state index contributed by atoms with van der Waals surface area (Å²) in [6.45, 7) is 3.73. The number of H-pyrrole nitrogens is 2. The molecule has 5 aromatic heterocycles. The monoisotopic (exact) mass is 493 g/mol. The van der Waals surface area contributed by atoms with Crippen LogP contribution in [0.1, 0.15) is 12.5 Å². The quantitative estimate of drug-likeness (QED) is 0.272. The number of benzene rings is 1. The predicted molar refractivity (Wildman–Crippen MR) is 142 cm³/mol. The molecule has 0 spiro atoms. The van der Waals surface area contributed by atoms with E-state index in [4.69, 9.17) is 4.74 Å². The van der Waals surface area contributed by atoms with Gasteiger partial charge in [-0.3, -0.25) is 15.1 Å². The first-order chi connectivity index (χ1) is 18.1. The molecule has 0 saturated carbocycles. The number of rotatable bonds is 7. The molecule has 1 aromatic carbocycles. The van der Waals surface area contributed by atoms with Crippen LogP contribution in [0.3, 0.4) is 0 Å². The zero-order valence-corrected chi connectivity index (χ0v) is 20.3. The van der Waals surface area contributed by atoms with Crippen molar-refractivity contribution in [3.05, 3.63) is 78.6 Å². The largest absolute Gasteiger partial charge is 0.497 e. The first kappa shape index (κ1) is 22.8. The van der Waals surface area contributed by atoms with Gasteiger partial charge in [0.25, 0.3) is 0 Å². The van der Waals surface area contributed by atoms with Gasteiger partial charge in [0.05, 0.1) is 18.5 Å². The second kappa shape index (κ2) is 9.44. The summed E-state index contributed by atoms with van der Waals surface area (Å²) in [5.41, 5.74) is 7.42. The third kappa shape index (κ3) is 4.30. The zero-order chi connectivity index (χ0) is 25.4. The van der Waals surface area contributed by atoms with Crippen LogP contribution in [0, 0.1) is 5.82 Å². The molecule has 6 rings (SSSR count). The van der Waals surface area contributed by atoms with Crippen molar-refractivity contribution in [2.75, 3.05) is 13.7 Å². The van der Waals surface area contributed by atoms with Crippen molar-refractivity contribution in [2.45, 2.75) is 13.5 Å². The lowest BCUT2D eigenvalue weighted by Gasteiger charge is -2.06. The third-order valence-corrected chi connectivity index (χ3v) is 6.31. The lowest BCUT2D eigenvalue weighted by atomic mass is 10.1. The predicted octanol–water partition coefficient (Wildman–Crippen LogP) is 5.49. The van der Waals surface area contributed by atoms with Crippen LogP contribution in [0.25, 0.3) is 55.7 Å². The second-order valence-electron chi connectivity index (χ2n) is 8.74. The Balaban J connectivity index is 1.43. The number of aromatic nitrogens is 6. The number of hydrogen-bond acceptors (Lipinski definition) is 6. The Morgan fingerprint density at radius 1 is 0.919 bits per heavy atom. The van der Waals surface area contributed by atoms with Gasteiger partial charge in [-0.05, 0) is 48.5 Å². The smallest absolute Gasteiger partial charge is 0.155 e. The summed E-state index contributed by atoms with van der Waals surface area (Å²) in [5, 5.41) is 12.6. The van der Waals surface area contributed by atoms with Gasteiger partial charge in [-0.15, -0.1) is 0 Å². The van der Waals surface area contributed by atoms with E-state index >= 15 is 0 Å². The standard InChI is InChI=1S/C28H24FN7O/c1-3-30-12-16-6-18(14-31-13-16)19-9-23-27(35-36-28(23)33-15-19)25-11-22-24(34-25)4-5-32-26(22)17-7-20(29)10-21(8-17)37-2/h4-11,13-15,30,34H,3,12H2,1-2H3,(H,33,35,36). The molecule has 8 nitrogen and oxygen atoms in total. The molecule has 9 heteroatoms. The molecule has 5 heterocycles. The summed E-state index contributed by atoms with van der Waals surface area (Å²) in [6, 6.07) is 12.6. The fourth-order valence-corrected chi connectivity index (χ4v) is 4.51. The van der Waals surface area contributed by atoms with E-state index in [9.17, 15) is 4.39 Å². The van der Waals surface area contributed by atoms with E-state index in [0.29, 0.717) is 22.7 Å². The van der Waals surface area contributed by atoms with Crippen LogP contribution in [0.5, 0.6) is 5.75 Å². The van der Waals surface area contributed by atoms with Crippen LogP contribution in [-0.2, 0) is 6.54 Å². The van der Waals surface area contributed by atoms with E-state index in [-0.39, 0.29) is 5.82 Å². The van der Waals surface area contributed by atoms with Gasteiger partial charge in [-0.2, -0.15) is 5.10 Å². The normalized spacial score (nSPS) is 11.4. The van der Waals surface area contributed by atoms with Crippen molar-refractivity contribution < 1.29 is 9.13 Å². The molecule has 0 bridgehead atoms. The van der Waals surface area contributed by atoms with Crippen LogP contribution >= 0.6 is 0 Å². The van der Waals surface area contributed by atoms with Gasteiger partial charge >= 0.3 is 0 Å². The summed E-state index contributed by atoms with van der Waals surface area (Å²) in [6.07, 6.45) is 7.23. The van der Waals surface area contributed by atoms with Crippen molar-refractivity contribution in [1.29, 1.82) is 0 Å². The number of aromatic amines is 2. The van der Waals surface area contributed by atoms with Crippen molar-refractivity contribution in [2.24, 2.45) is 0 Å². The van der Waals surface area contributed by atoms with E-state index in [2.05, 4.69) is 54.5 Å². The Labute approximate surface area is 212 Å². The van der Waals surface area contributed by atoms with Gasteiger partial charge in [0.1, 0.15) is 17.3 Å². The van der Waals surface area contributed by atoms with Crippen LogP contribution < -0.4 is 10.1 Å². The number of hydrogen-bond donors (Lipinski definition) is 3. The highest BCUT2D eigenvalue weighted by Crippen LogP contribution is 2.35. The molecule has 0 aliphatic rings. The summed E-state index contributed by atoms with van der Waals surface area (Å²) < 4.78 is 19.5. The average molecular weight is 494 g/mol. The minimum absolute atomic E-state index is 0.384. The molecule has 6 aromatic rings. The number of ether oxygens (including phenoxy) is 1. The summed E-state index contributed by atoms with van der Waals surface area (Å²) in [7, 11) is 1.51. The van der Waals surface area contributed by atoms with Crippen LogP contribution in [0.4, 0.5) is 4.39 Å². The Morgan fingerprint density at radius 2 is 1.81 bits per heavy atom. The Kier molecular flexibility index (Phi) is 5.82. The minimum atomic E-state index is -0.384. The highest BCUT2D eigenvalue weighted by Gasteiger charge is 2.16. The van der Waals surface area contributed by atoms with Crippen molar-refractivity contribution in [3.8, 4) is 39.5 Å². The van der Waals surface area contributed by atoms with Crippen LogP contribution in [-0.4, -0.2) is 43.8 Å². The minimum Gasteiger partial charge on any atom is -0.497 e. The fourth-order valence-electron chi connectivity index (χ4n) is 4.51. The van der Waals surface area contributed by atoms with Crippen molar-refractivity contribution in [1.82, 2.24) is 35.5 Å². The maximum absolute atomic E-state index is 14.2. The summed E-state index contributed by atoms with van der Waals surface area (Å²) in [4.78, 5) is 17.0. The lowest BCUT2D eigenvalue weighted by Crippen LogP contribution is -2.11. The molecule has 0 radical (unpaired) electrons. The highest BCUT2D eigenvalue weighted by molar-refractivity contribution is 6.00. The first-order valence-electron chi connectivity index (χ1n) is 11.9. The molecule has 0 unspecified atom stereocenters. The average Bonchev–Trinajstić information content (AvgIpc) is 3.55. The highest BCUT2D eigenvalue weighted by atomic mass is 19.1. The summed E-state index contributed by atoms with van der Waals surface area (Å²) >= 11 is 0. The van der Waals surface area contributed by atoms with Crippen molar-refractivity contribution in [3.63, 3.8) is 0 Å². The Bertz CT molecular complexity index is 1740. The topological polar surface area (TPSA) is 104 Å². The van der Waals surface area contributed by atoms with Crippen LogP contribution in [0.15, 0.2) is 67.3 Å². The third-order valence-electron chi connectivity index (χ3n) is 6.31. The number of nitrogens with zero attached hydrogens (tertiary/aromatic N) is 4. The maximum atomic E-state index is 14.2. The molecule has 0 fully saturated rings. The molecule has 0 saturated heterocycles. The molecular weight excluding hydrogens is 469 g/mol. The molecule has 184 valence electrons. The van der Waals surface area contributed by atoms with E-state index < -0.39 is 0 Å². The van der Waals surface area contributed by atoms with E-state index in [0.717, 1.165) is 57.5 Å². The fraction of sp³-hybridized carbons (Fsp3) is 0.143. The van der Waals surface area contributed by atoms with Crippen molar-refractivity contribution >= 4 is 21.9 Å². The number of methoxy groups -OCH3 is 1. The number of nitrogens with one attached hydrogen (secondary N) is 3. The number of halogens is 1. The zero-order valence-electron chi connectivity index (χ0n) is 20.3. The van der Waals surface area contributed by atoms with Gasteiger partial charge in [0.15, 0.2) is 5.65 Å². The molecule has 0 atom stereocenters. The van der Waals surface area contributed by atoms with Gasteiger partial charge in [0, 0.05) is 70.4 Å². The van der Waals surface area contributed by atoms with Gasteiger partial charge in [-0.25, -0.2) is 9.37 Å². The maximum Gasteiger partial charge on any atom is 0.155 e. The number of fused-ring (bicyclic) bond motifs is 2. The lowest BCUT2D eigenvalue weighted by molar-refractivity contribution is 0.411. The van der Waals surface area contributed by atoms with E-state index in [1.165, 1.54) is 19.2 Å². The van der Waals surface area contributed by atoms with Gasteiger partial charge in [0.2, 0.25) is 0 Å². The van der Waals surface area contributed by atoms with Crippen LogP contribution in [0.2, 0.25) is 0 Å². The number of pyridine rings is 3. The second-order valence-corrected chi connectivity index (χ2v) is 8.74. The SMILES string of the molecule is CCNCc1cncc(-c2cnc3[nH]nc(-c4cc5c(-c6cc(F)cc(OC)c6)nccc5[nH]4)c3c2)c1. The van der Waals surface area contributed by atoms with Gasteiger partial charge < -0.3 is 15.0 Å². The van der Waals surface area contributed by atoms with E-state index in [1.807, 2.05) is 30.7 Å². The van der Waals surface area contributed by atoms with E-state index in [1.54, 1.807) is 12.3 Å². The molecule has 37 heavy (non-hydrogen) atoms. The molecule has 0 amide bonds. The van der Waals surface area contributed by atoms with Gasteiger partial charge in [-0.1, -0.05) is 6.92 Å². The Morgan fingerprint density at radius 3 is 2.68 bits per heavy atom. The molecule has 0 aliphatic carbocycles. The molecule has 0 aliphatic heterocycles. The molecular formula is C28H24FN7O. The summed E-state index contributed by atoms with van der Waals surface area (Å²) in [5.74, 6) is 0.0512. The Hall–Kier alpha value is -4.63. The molecule has 3 N–H and O–H groups in total. The first-order valence-corrected chi connectivity index (χ1v) is 11.9.